The van der Waals surface area contributed by atoms with Gasteiger partial charge in [-0.1, -0.05) is 18.2 Å². The van der Waals surface area contributed by atoms with Gasteiger partial charge in [-0.3, -0.25) is 10.1 Å². The largest absolute Gasteiger partial charge is 0.357 e. The number of rotatable bonds is 3. The van der Waals surface area contributed by atoms with Crippen molar-refractivity contribution in [3.8, 4) is 0 Å². The van der Waals surface area contributed by atoms with Gasteiger partial charge in [0.05, 0.1) is 11.5 Å². The molecular formula is C18H18N6O2. The summed E-state index contributed by atoms with van der Waals surface area (Å²) in [6.45, 7) is 2.90. The molecule has 3 aromatic rings. The van der Waals surface area contributed by atoms with Crippen molar-refractivity contribution >= 4 is 28.2 Å². The van der Waals surface area contributed by atoms with Crippen molar-refractivity contribution in [2.24, 2.45) is 0 Å². The maximum atomic E-state index is 11.8. The molecule has 0 radical (unpaired) electrons. The van der Waals surface area contributed by atoms with Crippen LogP contribution in [-0.4, -0.2) is 39.5 Å². The summed E-state index contributed by atoms with van der Waals surface area (Å²) in [6, 6.07) is 8.23. The Labute approximate surface area is 149 Å². The number of para-hydroxylation sites is 1. The number of aromatic amines is 1. The molecule has 0 bridgehead atoms. The van der Waals surface area contributed by atoms with Crippen LogP contribution < -0.4 is 9.80 Å². The summed E-state index contributed by atoms with van der Waals surface area (Å²) >= 11 is 0. The number of H-pyrrole nitrogens is 1. The quantitative estimate of drug-likeness (QED) is 0.577. The standard InChI is InChI=1S/C18H18N6O2/c25-24(26)16-17(22-7-3-8-22)19-11-20-18(16)23-9-6-13-12-4-1-2-5-14(12)21-15(13)10-23/h1-2,4-5,11,21H,3,6-10H2. The molecule has 5 rings (SSSR count). The SMILES string of the molecule is O=[N+]([O-])c1c(N2CCC2)ncnc1N1CCc2c([nH]c3ccccc23)C1. The summed E-state index contributed by atoms with van der Waals surface area (Å²) in [5, 5.41) is 13.0. The second-order valence-electron chi connectivity index (χ2n) is 6.77. The molecule has 132 valence electrons. The molecule has 8 heteroatoms. The number of benzene rings is 1. The Balaban J connectivity index is 1.55. The van der Waals surface area contributed by atoms with E-state index in [9.17, 15) is 10.1 Å². The molecule has 1 fully saturated rings. The van der Waals surface area contributed by atoms with E-state index in [2.05, 4.69) is 27.1 Å². The minimum absolute atomic E-state index is 0.0201. The molecule has 8 nitrogen and oxygen atoms in total. The molecule has 0 spiro atoms. The lowest BCUT2D eigenvalue weighted by atomic mass is 10.0. The van der Waals surface area contributed by atoms with Gasteiger partial charge in [0.25, 0.3) is 0 Å². The fraction of sp³-hybridized carbons (Fsp3) is 0.333. The Kier molecular flexibility index (Phi) is 3.31. The summed E-state index contributed by atoms with van der Waals surface area (Å²) in [7, 11) is 0. The van der Waals surface area contributed by atoms with Crippen molar-refractivity contribution in [1.82, 2.24) is 15.0 Å². The molecular weight excluding hydrogens is 332 g/mol. The third-order valence-corrected chi connectivity index (χ3v) is 5.30. The van der Waals surface area contributed by atoms with E-state index in [1.165, 1.54) is 17.3 Å². The van der Waals surface area contributed by atoms with Crippen molar-refractivity contribution in [3.05, 3.63) is 52.0 Å². The van der Waals surface area contributed by atoms with E-state index in [-0.39, 0.29) is 10.6 Å². The van der Waals surface area contributed by atoms with Crippen LogP contribution in [0.25, 0.3) is 10.9 Å². The van der Waals surface area contributed by atoms with Gasteiger partial charge in [0.2, 0.25) is 11.6 Å². The first kappa shape index (κ1) is 15.1. The van der Waals surface area contributed by atoms with Gasteiger partial charge in [0, 0.05) is 36.2 Å². The van der Waals surface area contributed by atoms with Crippen molar-refractivity contribution in [2.75, 3.05) is 29.4 Å². The minimum atomic E-state index is -0.344. The molecule has 2 aliphatic heterocycles. The van der Waals surface area contributed by atoms with Crippen molar-refractivity contribution < 1.29 is 4.92 Å². The molecule has 0 amide bonds. The van der Waals surface area contributed by atoms with Gasteiger partial charge in [-0.05, 0) is 24.5 Å². The number of anilines is 2. The molecule has 0 aliphatic carbocycles. The average molecular weight is 350 g/mol. The van der Waals surface area contributed by atoms with Gasteiger partial charge in [-0.2, -0.15) is 0 Å². The first-order valence-corrected chi connectivity index (χ1v) is 8.80. The number of nitro groups is 1. The van der Waals surface area contributed by atoms with Gasteiger partial charge in [-0.25, -0.2) is 9.97 Å². The maximum Gasteiger partial charge on any atom is 0.353 e. The average Bonchev–Trinajstić information content (AvgIpc) is 2.97. The first-order chi connectivity index (χ1) is 12.7. The van der Waals surface area contributed by atoms with E-state index in [1.54, 1.807) is 0 Å². The second kappa shape index (κ2) is 5.69. The lowest BCUT2D eigenvalue weighted by Crippen LogP contribution is -2.39. The zero-order valence-corrected chi connectivity index (χ0v) is 14.2. The predicted molar refractivity (Wildman–Crippen MR) is 98.6 cm³/mol. The van der Waals surface area contributed by atoms with Crippen LogP contribution in [0.5, 0.6) is 0 Å². The summed E-state index contributed by atoms with van der Waals surface area (Å²) in [6.07, 6.45) is 3.31. The van der Waals surface area contributed by atoms with Crippen LogP contribution in [0.1, 0.15) is 17.7 Å². The highest BCUT2D eigenvalue weighted by molar-refractivity contribution is 5.85. The molecule has 0 atom stereocenters. The Bertz CT molecular complexity index is 1010. The topological polar surface area (TPSA) is 91.2 Å². The Morgan fingerprint density at radius 3 is 2.58 bits per heavy atom. The monoisotopic (exact) mass is 350 g/mol. The zero-order valence-electron chi connectivity index (χ0n) is 14.2. The fourth-order valence-electron chi connectivity index (χ4n) is 3.89. The van der Waals surface area contributed by atoms with E-state index < -0.39 is 0 Å². The van der Waals surface area contributed by atoms with Gasteiger partial charge in [0.1, 0.15) is 6.33 Å². The molecule has 0 unspecified atom stereocenters. The van der Waals surface area contributed by atoms with Gasteiger partial charge in [0.15, 0.2) is 0 Å². The molecule has 2 aliphatic rings. The van der Waals surface area contributed by atoms with Gasteiger partial charge >= 0.3 is 5.69 Å². The summed E-state index contributed by atoms with van der Waals surface area (Å²) in [5.74, 6) is 0.852. The van der Waals surface area contributed by atoms with Crippen LogP contribution in [0, 0.1) is 10.1 Å². The lowest BCUT2D eigenvalue weighted by Gasteiger charge is -2.33. The predicted octanol–water partition coefficient (Wildman–Crippen LogP) is 2.64. The summed E-state index contributed by atoms with van der Waals surface area (Å²) < 4.78 is 0. The Morgan fingerprint density at radius 2 is 1.85 bits per heavy atom. The fourth-order valence-corrected chi connectivity index (χ4v) is 3.89. The number of aromatic nitrogens is 3. The normalized spacial score (nSPS) is 16.5. The lowest BCUT2D eigenvalue weighted by molar-refractivity contribution is -0.383. The van der Waals surface area contributed by atoms with Gasteiger partial charge < -0.3 is 14.8 Å². The van der Waals surface area contributed by atoms with E-state index in [4.69, 9.17) is 0 Å². The minimum Gasteiger partial charge on any atom is -0.357 e. The van der Waals surface area contributed by atoms with Crippen LogP contribution in [0.3, 0.4) is 0 Å². The molecule has 2 aromatic heterocycles. The molecule has 26 heavy (non-hydrogen) atoms. The molecule has 0 saturated carbocycles. The first-order valence-electron chi connectivity index (χ1n) is 8.80. The van der Waals surface area contributed by atoms with Crippen LogP contribution in [0.15, 0.2) is 30.6 Å². The number of nitrogens with zero attached hydrogens (tertiary/aromatic N) is 5. The van der Waals surface area contributed by atoms with E-state index in [1.807, 2.05) is 21.9 Å². The number of hydrogen-bond donors (Lipinski definition) is 1. The van der Waals surface area contributed by atoms with Gasteiger partial charge in [-0.15, -0.1) is 0 Å². The maximum absolute atomic E-state index is 11.8. The number of hydrogen-bond acceptors (Lipinski definition) is 6. The second-order valence-corrected chi connectivity index (χ2v) is 6.77. The summed E-state index contributed by atoms with van der Waals surface area (Å²) in [5.41, 5.74) is 3.54. The Hall–Kier alpha value is -3.16. The Morgan fingerprint density at radius 1 is 1.08 bits per heavy atom. The highest BCUT2D eigenvalue weighted by Crippen LogP contribution is 2.38. The number of nitrogens with one attached hydrogen (secondary N) is 1. The van der Waals surface area contributed by atoms with Crippen molar-refractivity contribution in [1.29, 1.82) is 0 Å². The highest BCUT2D eigenvalue weighted by atomic mass is 16.6. The van der Waals surface area contributed by atoms with Crippen molar-refractivity contribution in [2.45, 2.75) is 19.4 Å². The van der Waals surface area contributed by atoms with E-state index in [0.29, 0.717) is 24.7 Å². The van der Waals surface area contributed by atoms with Crippen LogP contribution in [0.4, 0.5) is 17.3 Å². The van der Waals surface area contributed by atoms with Crippen LogP contribution >= 0.6 is 0 Å². The molecule has 1 N–H and O–H groups in total. The zero-order chi connectivity index (χ0) is 17.7. The third-order valence-electron chi connectivity index (χ3n) is 5.30. The summed E-state index contributed by atoms with van der Waals surface area (Å²) in [4.78, 5) is 27.3. The van der Waals surface area contributed by atoms with E-state index >= 15 is 0 Å². The van der Waals surface area contributed by atoms with Crippen LogP contribution in [-0.2, 0) is 13.0 Å². The molecule has 4 heterocycles. The van der Waals surface area contributed by atoms with Crippen molar-refractivity contribution in [3.63, 3.8) is 0 Å². The number of fused-ring (bicyclic) bond motifs is 3. The van der Waals surface area contributed by atoms with Crippen LogP contribution in [0.2, 0.25) is 0 Å². The molecule has 1 saturated heterocycles. The van der Waals surface area contributed by atoms with E-state index in [0.717, 1.165) is 37.1 Å². The highest BCUT2D eigenvalue weighted by Gasteiger charge is 2.33. The third kappa shape index (κ3) is 2.22. The smallest absolute Gasteiger partial charge is 0.353 e. The molecule has 1 aromatic carbocycles.